The van der Waals surface area contributed by atoms with Crippen molar-refractivity contribution in [2.24, 2.45) is 0 Å². The number of nitrogens with one attached hydrogen (secondary N) is 1. The lowest BCUT2D eigenvalue weighted by Crippen LogP contribution is -2.49. The summed E-state index contributed by atoms with van der Waals surface area (Å²) in [6.45, 7) is 1.68. The van der Waals surface area contributed by atoms with E-state index in [4.69, 9.17) is 0 Å². The van der Waals surface area contributed by atoms with Gasteiger partial charge in [0.05, 0.1) is 36.0 Å². The van der Waals surface area contributed by atoms with Gasteiger partial charge in [0.1, 0.15) is 5.52 Å². The molecule has 0 saturated carbocycles. The van der Waals surface area contributed by atoms with E-state index >= 15 is 0 Å². The Morgan fingerprint density at radius 2 is 1.68 bits per heavy atom. The van der Waals surface area contributed by atoms with Gasteiger partial charge in [-0.15, -0.1) is 0 Å². The van der Waals surface area contributed by atoms with Gasteiger partial charge in [-0.2, -0.15) is 4.31 Å². The van der Waals surface area contributed by atoms with Crippen molar-refractivity contribution >= 4 is 32.4 Å². The number of hydrogen-bond acceptors (Lipinski definition) is 5. The molecular weight excluding hydrogens is 380 g/mol. The molecule has 4 rings (SSSR count). The van der Waals surface area contributed by atoms with Gasteiger partial charge in [-0.1, -0.05) is 24.3 Å². The first-order valence-electron chi connectivity index (χ1n) is 8.86. The SMILES string of the molecule is O=[N+]([O-])c1cccc(S(=O)(=O)N2CCN(c3ccc4ccccc4[nH+]3)CC2)c1. The Balaban J connectivity index is 1.51. The van der Waals surface area contributed by atoms with Crippen LogP contribution in [-0.4, -0.2) is 43.8 Å². The van der Waals surface area contributed by atoms with Gasteiger partial charge in [0.2, 0.25) is 10.0 Å². The molecule has 1 aliphatic heterocycles. The predicted molar refractivity (Wildman–Crippen MR) is 105 cm³/mol. The van der Waals surface area contributed by atoms with Gasteiger partial charge in [-0.25, -0.2) is 13.4 Å². The minimum Gasteiger partial charge on any atom is -0.259 e. The molecule has 0 atom stereocenters. The quantitative estimate of drug-likeness (QED) is 0.494. The highest BCUT2D eigenvalue weighted by Crippen LogP contribution is 2.23. The molecule has 2 heterocycles. The van der Waals surface area contributed by atoms with E-state index in [1.807, 2.05) is 36.4 Å². The molecule has 0 aliphatic carbocycles. The largest absolute Gasteiger partial charge is 0.274 e. The molecule has 8 nitrogen and oxygen atoms in total. The van der Waals surface area contributed by atoms with Crippen LogP contribution in [0.1, 0.15) is 0 Å². The van der Waals surface area contributed by atoms with E-state index in [2.05, 4.69) is 9.88 Å². The Labute approximate surface area is 162 Å². The van der Waals surface area contributed by atoms with Crippen LogP contribution >= 0.6 is 0 Å². The van der Waals surface area contributed by atoms with Crippen molar-refractivity contribution in [1.82, 2.24) is 4.31 Å². The number of sulfonamides is 1. The van der Waals surface area contributed by atoms with Gasteiger partial charge in [-0.3, -0.25) is 15.0 Å². The third-order valence-corrected chi connectivity index (χ3v) is 6.78. The summed E-state index contributed by atoms with van der Waals surface area (Å²) < 4.78 is 27.1. The van der Waals surface area contributed by atoms with Crippen LogP contribution in [0.3, 0.4) is 0 Å². The average molecular weight is 399 g/mol. The van der Waals surface area contributed by atoms with Gasteiger partial charge in [0, 0.05) is 23.6 Å². The molecule has 1 saturated heterocycles. The van der Waals surface area contributed by atoms with Crippen molar-refractivity contribution in [3.63, 3.8) is 0 Å². The average Bonchev–Trinajstić information content (AvgIpc) is 2.73. The number of hydrogen-bond donors (Lipinski definition) is 0. The minimum absolute atomic E-state index is 0.0487. The van der Waals surface area contributed by atoms with Gasteiger partial charge in [-0.05, 0) is 18.2 Å². The topological polar surface area (TPSA) is 97.9 Å². The van der Waals surface area contributed by atoms with Crippen LogP contribution in [0.4, 0.5) is 11.5 Å². The Morgan fingerprint density at radius 1 is 0.929 bits per heavy atom. The van der Waals surface area contributed by atoms with E-state index in [-0.39, 0.29) is 10.6 Å². The molecule has 3 aromatic rings. The summed E-state index contributed by atoms with van der Waals surface area (Å²) in [5.74, 6) is 0.936. The first-order chi connectivity index (χ1) is 13.4. The number of rotatable bonds is 4. The summed E-state index contributed by atoms with van der Waals surface area (Å²) in [4.78, 5) is 15.8. The molecule has 28 heavy (non-hydrogen) atoms. The zero-order chi connectivity index (χ0) is 19.7. The van der Waals surface area contributed by atoms with Crippen LogP contribution in [-0.2, 0) is 10.0 Å². The molecule has 0 amide bonds. The lowest BCUT2D eigenvalue weighted by molar-refractivity contribution is -0.385. The normalized spacial score (nSPS) is 15.6. The number of para-hydroxylation sites is 1. The number of non-ortho nitro benzene ring substituents is 1. The van der Waals surface area contributed by atoms with Crippen LogP contribution in [0, 0.1) is 10.1 Å². The van der Waals surface area contributed by atoms with Gasteiger partial charge < -0.3 is 0 Å². The Kier molecular flexibility index (Phi) is 4.70. The van der Waals surface area contributed by atoms with Crippen LogP contribution in [0.25, 0.3) is 10.9 Å². The fourth-order valence-corrected chi connectivity index (χ4v) is 4.83. The molecule has 144 valence electrons. The number of benzene rings is 2. The maximum Gasteiger partial charge on any atom is 0.274 e. The van der Waals surface area contributed by atoms with Crippen LogP contribution in [0.2, 0.25) is 0 Å². The second-order valence-corrected chi connectivity index (χ2v) is 8.51. The number of piperazine rings is 1. The number of fused-ring (bicyclic) bond motifs is 1. The molecule has 1 aromatic heterocycles. The number of H-pyrrole nitrogens is 1. The molecule has 1 aliphatic rings. The van der Waals surface area contributed by atoms with Crippen LogP contribution in [0.5, 0.6) is 0 Å². The summed E-state index contributed by atoms with van der Waals surface area (Å²) in [6.07, 6.45) is 0. The zero-order valence-corrected chi connectivity index (χ0v) is 15.8. The first kappa shape index (κ1) is 18.3. The lowest BCUT2D eigenvalue weighted by Gasteiger charge is -2.30. The fourth-order valence-electron chi connectivity index (χ4n) is 3.36. The summed E-state index contributed by atoms with van der Waals surface area (Å²) in [5, 5.41) is 12.0. The number of nitrogens with zero attached hydrogens (tertiary/aromatic N) is 3. The van der Waals surface area contributed by atoms with E-state index in [0.29, 0.717) is 26.2 Å². The maximum atomic E-state index is 12.9. The minimum atomic E-state index is -3.77. The highest BCUT2D eigenvalue weighted by atomic mass is 32.2. The number of anilines is 1. The molecule has 0 unspecified atom stereocenters. The summed E-state index contributed by atoms with van der Waals surface area (Å²) in [6, 6.07) is 17.2. The first-order valence-corrected chi connectivity index (χ1v) is 10.3. The van der Waals surface area contributed by atoms with E-state index in [1.165, 1.54) is 22.5 Å². The number of aromatic nitrogens is 1. The second kappa shape index (κ2) is 7.17. The van der Waals surface area contributed by atoms with E-state index in [1.54, 1.807) is 0 Å². The summed E-state index contributed by atoms with van der Waals surface area (Å²) in [7, 11) is -3.77. The van der Waals surface area contributed by atoms with Crippen molar-refractivity contribution in [2.45, 2.75) is 4.90 Å². The number of aromatic amines is 1. The van der Waals surface area contributed by atoms with Crippen molar-refractivity contribution < 1.29 is 18.3 Å². The van der Waals surface area contributed by atoms with Crippen LogP contribution < -0.4 is 9.88 Å². The highest BCUT2D eigenvalue weighted by Gasteiger charge is 2.32. The molecule has 1 N–H and O–H groups in total. The third-order valence-electron chi connectivity index (χ3n) is 4.89. The van der Waals surface area contributed by atoms with E-state index in [0.717, 1.165) is 22.8 Å². The van der Waals surface area contributed by atoms with E-state index < -0.39 is 14.9 Å². The Hall–Kier alpha value is -3.04. The Morgan fingerprint density at radius 3 is 2.43 bits per heavy atom. The van der Waals surface area contributed by atoms with Crippen molar-refractivity contribution in [3.8, 4) is 0 Å². The van der Waals surface area contributed by atoms with Gasteiger partial charge >= 0.3 is 0 Å². The predicted octanol–water partition coefficient (Wildman–Crippen LogP) is 2.07. The lowest BCUT2D eigenvalue weighted by atomic mass is 10.2. The molecule has 0 radical (unpaired) electrons. The van der Waals surface area contributed by atoms with Gasteiger partial charge in [0.25, 0.3) is 11.5 Å². The standard InChI is InChI=1S/C19H18N4O4S/c24-23(25)16-5-3-6-17(14-16)28(26,27)22-12-10-21(11-13-22)19-9-8-15-4-1-2-7-18(15)20-19/h1-9,14H,10-13H2/p+1. The monoisotopic (exact) mass is 399 g/mol. The molecule has 1 fully saturated rings. The second-order valence-electron chi connectivity index (χ2n) is 6.58. The fraction of sp³-hybridized carbons (Fsp3) is 0.211. The summed E-state index contributed by atoms with van der Waals surface area (Å²) in [5.41, 5.74) is 0.789. The highest BCUT2D eigenvalue weighted by molar-refractivity contribution is 7.89. The number of pyridine rings is 1. The van der Waals surface area contributed by atoms with Crippen molar-refractivity contribution in [2.75, 3.05) is 31.1 Å². The third kappa shape index (κ3) is 3.41. The number of nitro groups is 1. The summed E-state index contributed by atoms with van der Waals surface area (Å²) >= 11 is 0. The molecule has 2 aromatic carbocycles. The molecule has 0 bridgehead atoms. The van der Waals surface area contributed by atoms with Gasteiger partial charge in [0.15, 0.2) is 0 Å². The van der Waals surface area contributed by atoms with Crippen molar-refractivity contribution in [1.29, 1.82) is 0 Å². The smallest absolute Gasteiger partial charge is 0.259 e. The molecule has 9 heteroatoms. The molecule has 0 spiro atoms. The van der Waals surface area contributed by atoms with Crippen molar-refractivity contribution in [3.05, 3.63) is 70.8 Å². The number of nitro benzene ring substituents is 1. The van der Waals surface area contributed by atoms with E-state index in [9.17, 15) is 18.5 Å². The Bertz CT molecular complexity index is 1140. The zero-order valence-electron chi connectivity index (χ0n) is 15.0. The van der Waals surface area contributed by atoms with Crippen LogP contribution in [0.15, 0.2) is 65.6 Å². The molecular formula is C19H19N4O4S+. The maximum absolute atomic E-state index is 12.9.